The van der Waals surface area contributed by atoms with Gasteiger partial charge in [0.2, 0.25) is 5.88 Å². The van der Waals surface area contributed by atoms with E-state index < -0.39 is 0 Å². The second kappa shape index (κ2) is 7.28. The van der Waals surface area contributed by atoms with E-state index in [0.717, 1.165) is 31.2 Å². The van der Waals surface area contributed by atoms with Crippen molar-refractivity contribution in [2.45, 2.75) is 44.4 Å². The molecule has 4 rings (SSSR count). The largest absolute Gasteiger partial charge is 0.473 e. The normalized spacial score (nSPS) is 25.6. The highest BCUT2D eigenvalue weighted by Gasteiger charge is 2.54. The summed E-state index contributed by atoms with van der Waals surface area (Å²) in [6, 6.07) is 15.3. The Balaban J connectivity index is 1.17. The van der Waals surface area contributed by atoms with Crippen LogP contribution in [0.4, 0.5) is 4.79 Å². The van der Waals surface area contributed by atoms with Crippen molar-refractivity contribution in [3.05, 3.63) is 59.8 Å². The zero-order valence-electron chi connectivity index (χ0n) is 14.9. The maximum absolute atomic E-state index is 11.9. The molecular weight excluding hydrogens is 342 g/mol. The van der Waals surface area contributed by atoms with Gasteiger partial charge in [0.1, 0.15) is 24.3 Å². The third kappa shape index (κ3) is 3.87. The minimum Gasteiger partial charge on any atom is -0.473 e. The lowest BCUT2D eigenvalue weighted by Crippen LogP contribution is -2.58. The molecule has 0 bridgehead atoms. The van der Waals surface area contributed by atoms with Crippen LogP contribution in [0.3, 0.4) is 0 Å². The van der Waals surface area contributed by atoms with Crippen molar-refractivity contribution in [2.75, 3.05) is 0 Å². The van der Waals surface area contributed by atoms with Crippen LogP contribution in [0.15, 0.2) is 48.7 Å². The van der Waals surface area contributed by atoms with Gasteiger partial charge >= 0.3 is 6.09 Å². The molecule has 1 heterocycles. The highest BCUT2D eigenvalue weighted by Crippen LogP contribution is 2.56. The van der Waals surface area contributed by atoms with Gasteiger partial charge in [-0.1, -0.05) is 30.3 Å². The van der Waals surface area contributed by atoms with E-state index in [9.17, 15) is 4.79 Å². The van der Waals surface area contributed by atoms with Crippen LogP contribution in [0.25, 0.3) is 0 Å². The predicted octanol–water partition coefficient (Wildman–Crippen LogP) is 3.57. The fraction of sp³-hybridized carbons (Fsp3) is 0.381. The van der Waals surface area contributed by atoms with Crippen LogP contribution in [0.5, 0.6) is 5.88 Å². The van der Waals surface area contributed by atoms with Gasteiger partial charge in [-0.25, -0.2) is 9.78 Å². The third-order valence-corrected chi connectivity index (χ3v) is 5.38. The number of nitriles is 1. The van der Waals surface area contributed by atoms with E-state index in [-0.39, 0.29) is 30.3 Å². The van der Waals surface area contributed by atoms with Crippen molar-refractivity contribution in [1.82, 2.24) is 10.3 Å². The zero-order chi connectivity index (χ0) is 18.7. The standard InChI is InChI=1S/C21H21N3O3/c22-13-16-7-4-8-23-19(16)27-18-11-21(12-18)9-17(10-21)24-20(25)26-14-15-5-2-1-3-6-15/h1-8,17-18H,9-12,14H2,(H,24,25). The average Bonchev–Trinajstić information content (AvgIpc) is 2.64. The molecule has 1 aromatic carbocycles. The van der Waals surface area contributed by atoms with Gasteiger partial charge in [0.25, 0.3) is 0 Å². The van der Waals surface area contributed by atoms with Gasteiger partial charge in [-0.15, -0.1) is 0 Å². The first-order valence-corrected chi connectivity index (χ1v) is 9.15. The molecule has 1 amide bonds. The fourth-order valence-electron chi connectivity index (χ4n) is 4.07. The van der Waals surface area contributed by atoms with E-state index in [1.807, 2.05) is 30.3 Å². The number of carbonyl (C=O) groups is 1. The summed E-state index contributed by atoms with van der Waals surface area (Å²) in [6.45, 7) is 0.283. The van der Waals surface area contributed by atoms with E-state index in [2.05, 4.69) is 16.4 Å². The first-order chi connectivity index (χ1) is 13.2. The zero-order valence-corrected chi connectivity index (χ0v) is 14.9. The molecular formula is C21H21N3O3. The Kier molecular flexibility index (Phi) is 4.68. The number of hydrogen-bond acceptors (Lipinski definition) is 5. The molecule has 2 fully saturated rings. The number of ether oxygens (including phenoxy) is 2. The number of amides is 1. The Morgan fingerprint density at radius 1 is 1.19 bits per heavy atom. The Bertz CT molecular complexity index is 848. The average molecular weight is 363 g/mol. The lowest BCUT2D eigenvalue weighted by atomic mass is 9.53. The second-order valence-corrected chi connectivity index (χ2v) is 7.43. The van der Waals surface area contributed by atoms with Crippen LogP contribution in [-0.4, -0.2) is 23.2 Å². The number of nitrogens with zero attached hydrogens (tertiary/aromatic N) is 2. The Labute approximate surface area is 158 Å². The molecule has 138 valence electrons. The van der Waals surface area contributed by atoms with Crippen LogP contribution in [0.1, 0.15) is 36.8 Å². The fourth-order valence-corrected chi connectivity index (χ4v) is 4.07. The summed E-state index contributed by atoms with van der Waals surface area (Å²) in [5, 5.41) is 12.0. The van der Waals surface area contributed by atoms with Crippen LogP contribution in [0, 0.1) is 16.7 Å². The summed E-state index contributed by atoms with van der Waals surface area (Å²) in [5.41, 5.74) is 1.69. The number of aromatic nitrogens is 1. The molecule has 0 atom stereocenters. The lowest BCUT2D eigenvalue weighted by Gasteiger charge is -2.56. The Hall–Kier alpha value is -3.07. The van der Waals surface area contributed by atoms with Crippen molar-refractivity contribution < 1.29 is 14.3 Å². The molecule has 1 N–H and O–H groups in total. The Morgan fingerprint density at radius 2 is 1.96 bits per heavy atom. The summed E-state index contributed by atoms with van der Waals surface area (Å²) in [7, 11) is 0. The summed E-state index contributed by atoms with van der Waals surface area (Å²) in [5.74, 6) is 0.415. The molecule has 2 aromatic rings. The van der Waals surface area contributed by atoms with E-state index in [0.29, 0.717) is 11.4 Å². The van der Waals surface area contributed by atoms with E-state index in [1.54, 1.807) is 18.3 Å². The highest BCUT2D eigenvalue weighted by atomic mass is 16.5. The van der Waals surface area contributed by atoms with Crippen LogP contribution >= 0.6 is 0 Å². The van der Waals surface area contributed by atoms with Gasteiger partial charge in [-0.3, -0.25) is 0 Å². The summed E-state index contributed by atoms with van der Waals surface area (Å²) in [6.07, 6.45) is 5.13. The monoisotopic (exact) mass is 363 g/mol. The molecule has 0 radical (unpaired) electrons. The molecule has 6 nitrogen and oxygen atoms in total. The number of hydrogen-bond donors (Lipinski definition) is 1. The lowest BCUT2D eigenvalue weighted by molar-refractivity contribution is -0.0857. The number of alkyl carbamates (subject to hydrolysis) is 1. The van der Waals surface area contributed by atoms with E-state index in [1.165, 1.54) is 0 Å². The summed E-state index contributed by atoms with van der Waals surface area (Å²) in [4.78, 5) is 16.1. The highest BCUT2D eigenvalue weighted by molar-refractivity contribution is 5.67. The maximum Gasteiger partial charge on any atom is 0.407 e. The molecule has 2 saturated carbocycles. The van der Waals surface area contributed by atoms with Crippen molar-refractivity contribution in [3.63, 3.8) is 0 Å². The van der Waals surface area contributed by atoms with Gasteiger partial charge < -0.3 is 14.8 Å². The van der Waals surface area contributed by atoms with Crippen LogP contribution in [-0.2, 0) is 11.3 Å². The third-order valence-electron chi connectivity index (χ3n) is 5.38. The molecule has 0 saturated heterocycles. The van der Waals surface area contributed by atoms with Crippen molar-refractivity contribution in [3.8, 4) is 11.9 Å². The SMILES string of the molecule is N#Cc1cccnc1OC1CC2(CC(NC(=O)OCc3ccccc3)C2)C1. The first-order valence-electron chi connectivity index (χ1n) is 9.15. The molecule has 27 heavy (non-hydrogen) atoms. The number of nitrogens with one attached hydrogen (secondary N) is 1. The number of pyridine rings is 1. The van der Waals surface area contributed by atoms with Gasteiger partial charge in [0, 0.05) is 12.2 Å². The smallest absolute Gasteiger partial charge is 0.407 e. The number of rotatable bonds is 5. The quantitative estimate of drug-likeness (QED) is 0.878. The molecule has 1 aromatic heterocycles. The van der Waals surface area contributed by atoms with E-state index in [4.69, 9.17) is 14.7 Å². The van der Waals surface area contributed by atoms with Crippen molar-refractivity contribution in [1.29, 1.82) is 5.26 Å². The molecule has 2 aliphatic rings. The minimum absolute atomic E-state index is 0.0954. The van der Waals surface area contributed by atoms with Gasteiger partial charge in [0.15, 0.2) is 0 Å². The molecule has 6 heteroatoms. The minimum atomic E-state index is -0.363. The topological polar surface area (TPSA) is 84.2 Å². The molecule has 1 spiro atoms. The van der Waals surface area contributed by atoms with Crippen LogP contribution in [0.2, 0.25) is 0 Å². The maximum atomic E-state index is 11.9. The van der Waals surface area contributed by atoms with Crippen LogP contribution < -0.4 is 10.1 Å². The summed E-state index contributed by atoms with van der Waals surface area (Å²) >= 11 is 0. The van der Waals surface area contributed by atoms with Crippen molar-refractivity contribution >= 4 is 6.09 Å². The van der Waals surface area contributed by atoms with E-state index >= 15 is 0 Å². The predicted molar refractivity (Wildman–Crippen MR) is 97.8 cm³/mol. The van der Waals surface area contributed by atoms with Gasteiger partial charge in [-0.2, -0.15) is 5.26 Å². The van der Waals surface area contributed by atoms with Gasteiger partial charge in [0.05, 0.1) is 0 Å². The molecule has 2 aliphatic carbocycles. The second-order valence-electron chi connectivity index (χ2n) is 7.43. The van der Waals surface area contributed by atoms with Gasteiger partial charge in [-0.05, 0) is 48.8 Å². The van der Waals surface area contributed by atoms with Crippen molar-refractivity contribution in [2.24, 2.45) is 5.41 Å². The number of benzene rings is 1. The molecule has 0 unspecified atom stereocenters. The Morgan fingerprint density at radius 3 is 2.70 bits per heavy atom. The molecule has 0 aliphatic heterocycles. The first kappa shape index (κ1) is 17.3. The summed E-state index contributed by atoms with van der Waals surface area (Å²) < 4.78 is 11.1. The number of carbonyl (C=O) groups excluding carboxylic acids is 1.